The molecule has 1 saturated carbocycles. The van der Waals surface area contributed by atoms with E-state index in [1.807, 2.05) is 6.92 Å². The molecule has 0 N–H and O–H groups in total. The van der Waals surface area contributed by atoms with Crippen LogP contribution in [0.15, 0.2) is 0 Å². The van der Waals surface area contributed by atoms with E-state index in [1.54, 1.807) is 0 Å². The zero-order valence-electron chi connectivity index (χ0n) is 9.03. The van der Waals surface area contributed by atoms with Crippen LogP contribution in [0.5, 0.6) is 0 Å². The van der Waals surface area contributed by atoms with Crippen molar-refractivity contribution >= 4 is 10.8 Å². The molecule has 1 aliphatic carbocycles. The molecule has 14 heavy (non-hydrogen) atoms. The summed E-state index contributed by atoms with van der Waals surface area (Å²) in [5, 5.41) is 9.12. The number of hydrogen-bond donors (Lipinski definition) is 0. The minimum atomic E-state index is -0.780. The molecular formula is C11H19NOS. The molecule has 3 heteroatoms. The van der Waals surface area contributed by atoms with Gasteiger partial charge in [-0.1, -0.05) is 13.8 Å². The van der Waals surface area contributed by atoms with Crippen molar-refractivity contribution in [1.29, 1.82) is 5.26 Å². The standard InChI is InChI=1S/C11H19NOS/c1-3-6-14(13)11-7-9(2)4-5-10(11)8-12/h9-11H,3-7H2,1-2H3. The Morgan fingerprint density at radius 2 is 2.21 bits per heavy atom. The molecule has 1 rings (SSSR count). The van der Waals surface area contributed by atoms with E-state index in [-0.39, 0.29) is 11.2 Å². The summed E-state index contributed by atoms with van der Waals surface area (Å²) in [6.07, 6.45) is 4.00. The van der Waals surface area contributed by atoms with Gasteiger partial charge >= 0.3 is 0 Å². The molecule has 0 heterocycles. The first kappa shape index (κ1) is 11.7. The Morgan fingerprint density at radius 3 is 2.79 bits per heavy atom. The molecule has 0 aromatic carbocycles. The van der Waals surface area contributed by atoms with E-state index in [4.69, 9.17) is 5.26 Å². The molecule has 80 valence electrons. The van der Waals surface area contributed by atoms with Gasteiger partial charge in [-0.15, -0.1) is 0 Å². The van der Waals surface area contributed by atoms with E-state index in [2.05, 4.69) is 13.0 Å². The van der Waals surface area contributed by atoms with Gasteiger partial charge in [-0.05, 0) is 31.6 Å². The SMILES string of the molecule is CCCS(=O)C1CC(C)CCC1C#N. The fourth-order valence-electron chi connectivity index (χ4n) is 2.12. The molecule has 0 saturated heterocycles. The minimum absolute atomic E-state index is 0.0404. The molecule has 2 nitrogen and oxygen atoms in total. The van der Waals surface area contributed by atoms with Crippen LogP contribution in [0.25, 0.3) is 0 Å². The van der Waals surface area contributed by atoms with Gasteiger partial charge in [0, 0.05) is 16.6 Å². The van der Waals surface area contributed by atoms with Gasteiger partial charge in [0.2, 0.25) is 0 Å². The van der Waals surface area contributed by atoms with Crippen LogP contribution < -0.4 is 0 Å². The molecule has 4 unspecified atom stereocenters. The van der Waals surface area contributed by atoms with Gasteiger partial charge in [0.1, 0.15) is 0 Å². The second-order valence-corrected chi connectivity index (χ2v) is 6.05. The van der Waals surface area contributed by atoms with Gasteiger partial charge in [0.05, 0.1) is 17.2 Å². The number of nitrogens with zero attached hydrogens (tertiary/aromatic N) is 1. The number of nitriles is 1. The van der Waals surface area contributed by atoms with Gasteiger partial charge in [-0.25, -0.2) is 0 Å². The topological polar surface area (TPSA) is 40.9 Å². The van der Waals surface area contributed by atoms with E-state index < -0.39 is 10.8 Å². The Bertz CT molecular complexity index is 246. The lowest BCUT2D eigenvalue weighted by Crippen LogP contribution is -2.32. The molecule has 0 radical (unpaired) electrons. The van der Waals surface area contributed by atoms with Crippen LogP contribution in [0, 0.1) is 23.2 Å². The van der Waals surface area contributed by atoms with Crippen LogP contribution in [0.2, 0.25) is 0 Å². The molecule has 0 spiro atoms. The van der Waals surface area contributed by atoms with Crippen LogP contribution in [0.3, 0.4) is 0 Å². The van der Waals surface area contributed by atoms with Crippen molar-refractivity contribution in [3.63, 3.8) is 0 Å². The third-order valence-electron chi connectivity index (χ3n) is 2.96. The molecule has 0 aromatic rings. The van der Waals surface area contributed by atoms with Crippen molar-refractivity contribution in [3.05, 3.63) is 0 Å². The highest BCUT2D eigenvalue weighted by atomic mass is 32.2. The maximum atomic E-state index is 11.9. The third kappa shape index (κ3) is 2.81. The molecule has 1 aliphatic rings. The smallest absolute Gasteiger partial charge is 0.0668 e. The lowest BCUT2D eigenvalue weighted by molar-refractivity contribution is 0.341. The van der Waals surface area contributed by atoms with E-state index in [1.165, 1.54) is 0 Å². The Morgan fingerprint density at radius 1 is 1.50 bits per heavy atom. The fraction of sp³-hybridized carbons (Fsp3) is 0.909. The fourth-order valence-corrected chi connectivity index (χ4v) is 3.93. The largest absolute Gasteiger partial charge is 0.259 e. The summed E-state index contributed by atoms with van der Waals surface area (Å²) in [6.45, 7) is 4.25. The van der Waals surface area contributed by atoms with Crippen LogP contribution in [-0.4, -0.2) is 15.2 Å². The zero-order chi connectivity index (χ0) is 10.6. The van der Waals surface area contributed by atoms with Gasteiger partial charge in [0.25, 0.3) is 0 Å². The maximum Gasteiger partial charge on any atom is 0.0668 e. The molecule has 0 aromatic heterocycles. The first-order valence-corrected chi connectivity index (χ1v) is 6.84. The predicted octanol–water partition coefficient (Wildman–Crippen LogP) is 2.47. The Labute approximate surface area is 89.1 Å². The first-order chi connectivity index (χ1) is 6.69. The number of rotatable bonds is 3. The highest BCUT2D eigenvalue weighted by molar-refractivity contribution is 7.85. The van der Waals surface area contributed by atoms with Gasteiger partial charge in [-0.2, -0.15) is 5.26 Å². The highest BCUT2D eigenvalue weighted by Crippen LogP contribution is 2.31. The van der Waals surface area contributed by atoms with Crippen molar-refractivity contribution in [3.8, 4) is 6.07 Å². The van der Waals surface area contributed by atoms with Gasteiger partial charge in [-0.3, -0.25) is 4.21 Å². The van der Waals surface area contributed by atoms with Crippen molar-refractivity contribution < 1.29 is 4.21 Å². The Hall–Kier alpha value is -0.360. The summed E-state index contributed by atoms with van der Waals surface area (Å²) in [7, 11) is -0.780. The average Bonchev–Trinajstić information content (AvgIpc) is 2.18. The second kappa shape index (κ2) is 5.50. The lowest BCUT2D eigenvalue weighted by atomic mass is 9.83. The molecular weight excluding hydrogens is 194 g/mol. The minimum Gasteiger partial charge on any atom is -0.259 e. The number of hydrogen-bond acceptors (Lipinski definition) is 2. The van der Waals surface area contributed by atoms with E-state index in [0.717, 1.165) is 31.4 Å². The van der Waals surface area contributed by atoms with Crippen LogP contribution >= 0.6 is 0 Å². The Kier molecular flexibility index (Phi) is 4.60. The molecule has 0 amide bonds. The van der Waals surface area contributed by atoms with Crippen molar-refractivity contribution in [2.45, 2.75) is 44.8 Å². The molecule has 4 atom stereocenters. The van der Waals surface area contributed by atoms with E-state index in [9.17, 15) is 4.21 Å². The summed E-state index contributed by atoms with van der Waals surface area (Å²) in [5.74, 6) is 1.44. The summed E-state index contributed by atoms with van der Waals surface area (Å²) in [4.78, 5) is 0. The Balaban J connectivity index is 2.62. The molecule has 0 aliphatic heterocycles. The van der Waals surface area contributed by atoms with Gasteiger partial charge < -0.3 is 0 Å². The van der Waals surface area contributed by atoms with E-state index >= 15 is 0 Å². The van der Waals surface area contributed by atoms with Crippen molar-refractivity contribution in [2.75, 3.05) is 5.75 Å². The molecule has 0 bridgehead atoms. The third-order valence-corrected chi connectivity index (χ3v) is 4.97. The van der Waals surface area contributed by atoms with Gasteiger partial charge in [0.15, 0.2) is 0 Å². The van der Waals surface area contributed by atoms with Crippen LogP contribution in [-0.2, 0) is 10.8 Å². The van der Waals surface area contributed by atoms with Crippen LogP contribution in [0.1, 0.15) is 39.5 Å². The van der Waals surface area contributed by atoms with Crippen molar-refractivity contribution in [1.82, 2.24) is 0 Å². The lowest BCUT2D eigenvalue weighted by Gasteiger charge is -2.30. The summed E-state index contributed by atoms with van der Waals surface area (Å²) in [5.41, 5.74) is 0. The zero-order valence-corrected chi connectivity index (χ0v) is 9.85. The highest BCUT2D eigenvalue weighted by Gasteiger charge is 2.32. The summed E-state index contributed by atoms with van der Waals surface area (Å²) in [6, 6.07) is 2.32. The monoisotopic (exact) mass is 213 g/mol. The van der Waals surface area contributed by atoms with Crippen LogP contribution in [0.4, 0.5) is 0 Å². The van der Waals surface area contributed by atoms with E-state index in [0.29, 0.717) is 5.92 Å². The molecule has 1 fully saturated rings. The van der Waals surface area contributed by atoms with Crippen molar-refractivity contribution in [2.24, 2.45) is 11.8 Å². The summed E-state index contributed by atoms with van der Waals surface area (Å²) >= 11 is 0. The average molecular weight is 213 g/mol. The second-order valence-electron chi connectivity index (χ2n) is 4.28. The summed E-state index contributed by atoms with van der Waals surface area (Å²) < 4.78 is 11.9. The maximum absolute atomic E-state index is 11.9. The predicted molar refractivity (Wildman–Crippen MR) is 59.2 cm³/mol. The first-order valence-electron chi connectivity index (χ1n) is 5.45. The quantitative estimate of drug-likeness (QED) is 0.722. The normalized spacial score (nSPS) is 34.8.